The molecule has 0 aromatic carbocycles. The minimum atomic E-state index is -0.392. The van der Waals surface area contributed by atoms with E-state index in [1.165, 1.54) is 0 Å². The second-order valence-electron chi connectivity index (χ2n) is 2.22. The maximum Gasteiger partial charge on any atom is 0.113 e. The number of hydrogen-bond acceptors (Lipinski definition) is 1. The van der Waals surface area contributed by atoms with Gasteiger partial charge in [-0.1, -0.05) is 0 Å². The van der Waals surface area contributed by atoms with E-state index in [0.29, 0.717) is 0 Å². The van der Waals surface area contributed by atoms with Crippen molar-refractivity contribution in [3.63, 3.8) is 0 Å². The van der Waals surface area contributed by atoms with E-state index >= 15 is 0 Å². The van der Waals surface area contributed by atoms with Gasteiger partial charge in [0.2, 0.25) is 0 Å². The van der Waals surface area contributed by atoms with E-state index in [9.17, 15) is 4.39 Å². The predicted octanol–water partition coefficient (Wildman–Crippen LogP) is 1.34. The normalized spacial score (nSPS) is 23.2. The molecule has 0 unspecified atom stereocenters. The van der Waals surface area contributed by atoms with Gasteiger partial charge >= 0.3 is 0 Å². The maximum absolute atomic E-state index is 11.4. The second kappa shape index (κ2) is 2.02. The van der Waals surface area contributed by atoms with Crippen molar-refractivity contribution in [1.82, 2.24) is 0 Å². The van der Waals surface area contributed by atoms with E-state index in [4.69, 9.17) is 4.74 Å². The van der Waals surface area contributed by atoms with Crippen LogP contribution in [0.5, 0.6) is 0 Å². The number of rotatable bonds is 3. The summed E-state index contributed by atoms with van der Waals surface area (Å²) in [7, 11) is 0. The first-order chi connectivity index (χ1) is 3.77. The molecule has 0 amide bonds. The molecule has 1 saturated carbocycles. The van der Waals surface area contributed by atoms with Gasteiger partial charge in [-0.25, -0.2) is 4.39 Å². The van der Waals surface area contributed by atoms with Crippen molar-refractivity contribution < 1.29 is 9.13 Å². The van der Waals surface area contributed by atoms with Gasteiger partial charge in [-0.15, -0.1) is 0 Å². The van der Waals surface area contributed by atoms with Crippen LogP contribution >= 0.6 is 0 Å². The van der Waals surface area contributed by atoms with Gasteiger partial charge in [0.05, 0.1) is 12.2 Å². The van der Waals surface area contributed by atoms with Gasteiger partial charge in [0.15, 0.2) is 0 Å². The van der Waals surface area contributed by atoms with E-state index in [1.807, 2.05) is 0 Å². The van der Waals surface area contributed by atoms with E-state index in [1.54, 1.807) is 0 Å². The monoisotopic (exact) mass is 117 g/mol. The average Bonchev–Trinajstić information content (AvgIpc) is 2.45. The highest BCUT2D eigenvalue weighted by Gasteiger charge is 2.38. The van der Waals surface area contributed by atoms with Gasteiger partial charge < -0.3 is 4.74 Å². The Morgan fingerprint density at radius 2 is 2.25 bits per heavy atom. The van der Waals surface area contributed by atoms with Gasteiger partial charge in [0.1, 0.15) is 6.67 Å². The summed E-state index contributed by atoms with van der Waals surface area (Å²) in [5.74, 6) is 0. The quantitative estimate of drug-likeness (QED) is 0.542. The Kier molecular flexibility index (Phi) is 1.52. The average molecular weight is 117 g/mol. The molecule has 1 aliphatic rings. The minimum absolute atomic E-state index is 0.188. The van der Waals surface area contributed by atoms with E-state index in [2.05, 4.69) is 6.92 Å². The van der Waals surface area contributed by atoms with E-state index in [0.717, 1.165) is 12.8 Å². The lowest BCUT2D eigenvalue weighted by atomic mass is 10.4. The molecule has 0 heterocycles. The molecule has 47 valence electrons. The van der Waals surface area contributed by atoms with Crippen molar-refractivity contribution >= 4 is 0 Å². The van der Waals surface area contributed by atoms with Crippen LogP contribution in [0.3, 0.4) is 0 Å². The Balaban J connectivity index is 2.01. The summed E-state index contributed by atoms with van der Waals surface area (Å²) < 4.78 is 16.4. The lowest BCUT2D eigenvalue weighted by Crippen LogP contribution is -2.10. The molecule has 2 heteroatoms. The lowest BCUT2D eigenvalue weighted by molar-refractivity contribution is 0.0550. The van der Waals surface area contributed by atoms with Gasteiger partial charge in [0.25, 0.3) is 0 Å². The van der Waals surface area contributed by atoms with Crippen LogP contribution in [-0.2, 0) is 4.74 Å². The van der Waals surface area contributed by atoms with Gasteiger partial charge in [-0.05, 0) is 19.8 Å². The fraction of sp³-hybridized carbons (Fsp3) is 0.833. The lowest BCUT2D eigenvalue weighted by Gasteiger charge is -2.06. The van der Waals surface area contributed by atoms with E-state index < -0.39 is 6.67 Å². The molecular formula is C6H10FO. The standard InChI is InChI=1S/C6H10FO/c1-6(2-3-6)8-5-4-7/h1-5H2. The number of halogens is 1. The van der Waals surface area contributed by atoms with Gasteiger partial charge in [-0.3, -0.25) is 0 Å². The second-order valence-corrected chi connectivity index (χ2v) is 2.22. The molecule has 0 atom stereocenters. The summed E-state index contributed by atoms with van der Waals surface area (Å²) in [6.07, 6.45) is 1.99. The molecule has 1 fully saturated rings. The van der Waals surface area contributed by atoms with Crippen molar-refractivity contribution in [2.45, 2.75) is 18.4 Å². The first kappa shape index (κ1) is 6.02. The Hall–Kier alpha value is -0.110. The van der Waals surface area contributed by atoms with Crippen LogP contribution in [0.25, 0.3) is 0 Å². The Morgan fingerprint density at radius 1 is 1.62 bits per heavy atom. The van der Waals surface area contributed by atoms with Gasteiger partial charge in [0, 0.05) is 0 Å². The molecule has 0 aromatic rings. The maximum atomic E-state index is 11.4. The Bertz CT molecular complexity index is 78.6. The fourth-order valence-corrected chi connectivity index (χ4v) is 0.539. The van der Waals surface area contributed by atoms with Crippen LogP contribution in [0.15, 0.2) is 0 Å². The molecule has 1 radical (unpaired) electrons. The molecule has 8 heavy (non-hydrogen) atoms. The van der Waals surface area contributed by atoms with Crippen LogP contribution in [0.1, 0.15) is 12.8 Å². The summed E-state index contributed by atoms with van der Waals surface area (Å²) >= 11 is 0. The molecule has 0 bridgehead atoms. The van der Waals surface area contributed by atoms with Crippen molar-refractivity contribution in [2.75, 3.05) is 13.3 Å². The summed E-state index contributed by atoms with van der Waals surface area (Å²) in [6.45, 7) is 3.55. The third kappa shape index (κ3) is 1.44. The Labute approximate surface area is 48.8 Å². The van der Waals surface area contributed by atoms with E-state index in [-0.39, 0.29) is 12.2 Å². The molecule has 0 spiro atoms. The molecular weight excluding hydrogens is 107 g/mol. The van der Waals surface area contributed by atoms with Crippen LogP contribution in [0, 0.1) is 6.92 Å². The molecule has 0 aliphatic heterocycles. The third-order valence-corrected chi connectivity index (χ3v) is 1.29. The molecule has 0 aromatic heterocycles. The zero-order chi connectivity index (χ0) is 6.04. The molecule has 0 N–H and O–H groups in total. The Morgan fingerprint density at radius 3 is 2.62 bits per heavy atom. The summed E-state index contributed by atoms with van der Waals surface area (Å²) in [6, 6.07) is 0. The fourth-order valence-electron chi connectivity index (χ4n) is 0.539. The summed E-state index contributed by atoms with van der Waals surface area (Å²) in [4.78, 5) is 0. The first-order valence-corrected chi connectivity index (χ1v) is 2.82. The summed E-state index contributed by atoms with van der Waals surface area (Å²) in [5, 5.41) is 0. The largest absolute Gasteiger partial charge is 0.372 e. The van der Waals surface area contributed by atoms with Crippen LogP contribution in [-0.4, -0.2) is 18.9 Å². The van der Waals surface area contributed by atoms with Crippen molar-refractivity contribution in [3.8, 4) is 0 Å². The zero-order valence-corrected chi connectivity index (χ0v) is 4.82. The summed E-state index contributed by atoms with van der Waals surface area (Å²) in [5.41, 5.74) is -0.188. The highest BCUT2D eigenvalue weighted by atomic mass is 19.1. The third-order valence-electron chi connectivity index (χ3n) is 1.29. The molecule has 1 aliphatic carbocycles. The SMILES string of the molecule is [CH2]C1(OCCF)CC1. The molecule has 1 rings (SSSR count). The zero-order valence-electron chi connectivity index (χ0n) is 4.82. The smallest absolute Gasteiger partial charge is 0.113 e. The van der Waals surface area contributed by atoms with Crippen molar-refractivity contribution in [1.29, 1.82) is 0 Å². The van der Waals surface area contributed by atoms with Crippen molar-refractivity contribution in [3.05, 3.63) is 6.92 Å². The van der Waals surface area contributed by atoms with Crippen molar-refractivity contribution in [2.24, 2.45) is 0 Å². The minimum Gasteiger partial charge on any atom is -0.372 e. The predicted molar refractivity (Wildman–Crippen MR) is 29.2 cm³/mol. The first-order valence-electron chi connectivity index (χ1n) is 2.82. The highest BCUT2D eigenvalue weighted by molar-refractivity contribution is 4.97. The topological polar surface area (TPSA) is 9.23 Å². The van der Waals surface area contributed by atoms with Crippen LogP contribution in [0.2, 0.25) is 0 Å². The molecule has 0 saturated heterocycles. The number of ether oxygens (including phenoxy) is 1. The molecule has 1 nitrogen and oxygen atoms in total. The number of hydrogen-bond donors (Lipinski definition) is 0. The highest BCUT2D eigenvalue weighted by Crippen LogP contribution is 2.37. The van der Waals surface area contributed by atoms with Crippen LogP contribution < -0.4 is 0 Å². The number of alkyl halides is 1. The van der Waals surface area contributed by atoms with Gasteiger partial charge in [-0.2, -0.15) is 0 Å². The van der Waals surface area contributed by atoms with Crippen LogP contribution in [0.4, 0.5) is 4.39 Å².